The molecule has 3 heteroatoms. The van der Waals surface area contributed by atoms with Crippen LogP contribution in [0.1, 0.15) is 19.8 Å². The van der Waals surface area contributed by atoms with Gasteiger partial charge >= 0.3 is 5.97 Å². The summed E-state index contributed by atoms with van der Waals surface area (Å²) in [5.41, 5.74) is -0.986. The lowest BCUT2D eigenvalue weighted by Gasteiger charge is -2.28. The molecular weight excluding hydrogens is 180 g/mol. The number of hydrogen-bond donors (Lipinski definition) is 0. The number of hydrogen-bond acceptors (Lipinski definition) is 3. The second-order valence-corrected chi connectivity index (χ2v) is 3.74. The van der Waals surface area contributed by atoms with Crippen LogP contribution in [-0.4, -0.2) is 17.4 Å². The van der Waals surface area contributed by atoms with Gasteiger partial charge in [0.25, 0.3) is 0 Å². The van der Waals surface area contributed by atoms with Gasteiger partial charge in [-0.15, -0.1) is 0 Å². The van der Waals surface area contributed by atoms with Crippen LogP contribution in [0.5, 0.6) is 0 Å². The van der Waals surface area contributed by atoms with E-state index in [-0.39, 0.29) is 11.7 Å². The number of esters is 1. The molecule has 0 spiro atoms. The van der Waals surface area contributed by atoms with Gasteiger partial charge in [0.05, 0.1) is 0 Å². The molecule has 0 saturated heterocycles. The Bertz CT molecular complexity index is 336. The Kier molecular flexibility index (Phi) is 2.02. The molecule has 0 bridgehead atoms. The lowest BCUT2D eigenvalue weighted by atomic mass is 9.88. The van der Waals surface area contributed by atoms with Gasteiger partial charge in [-0.1, -0.05) is 12.2 Å². The van der Waals surface area contributed by atoms with Crippen LogP contribution in [0.3, 0.4) is 0 Å². The zero-order chi connectivity index (χ0) is 10.2. The van der Waals surface area contributed by atoms with E-state index in [0.29, 0.717) is 0 Å². The molecule has 3 nitrogen and oxygen atoms in total. The van der Waals surface area contributed by atoms with Crippen LogP contribution < -0.4 is 0 Å². The SMILES string of the molecule is CC(=O)OC1(C2CC2)C=CC=CC1=O. The number of ketones is 1. The fourth-order valence-electron chi connectivity index (χ4n) is 1.81. The fraction of sp³-hybridized carbons (Fsp3) is 0.455. The molecule has 0 heterocycles. The summed E-state index contributed by atoms with van der Waals surface area (Å²) in [6, 6.07) is 0. The van der Waals surface area contributed by atoms with Gasteiger partial charge in [0.15, 0.2) is 5.60 Å². The molecule has 1 saturated carbocycles. The van der Waals surface area contributed by atoms with Crippen LogP contribution in [0.4, 0.5) is 0 Å². The minimum Gasteiger partial charge on any atom is -0.446 e. The van der Waals surface area contributed by atoms with E-state index in [4.69, 9.17) is 4.74 Å². The molecule has 74 valence electrons. The maximum absolute atomic E-state index is 11.7. The Morgan fingerprint density at radius 3 is 2.71 bits per heavy atom. The number of carbonyl (C=O) groups is 2. The normalized spacial score (nSPS) is 30.5. The number of ether oxygens (including phenoxy) is 1. The number of rotatable bonds is 2. The van der Waals surface area contributed by atoms with Crippen LogP contribution in [-0.2, 0) is 14.3 Å². The average molecular weight is 192 g/mol. The van der Waals surface area contributed by atoms with Crippen molar-refractivity contribution >= 4 is 11.8 Å². The van der Waals surface area contributed by atoms with Gasteiger partial charge in [0, 0.05) is 12.8 Å². The highest BCUT2D eigenvalue weighted by Gasteiger charge is 2.51. The summed E-state index contributed by atoms with van der Waals surface area (Å²) in [6.45, 7) is 1.34. The van der Waals surface area contributed by atoms with Crippen LogP contribution in [0.25, 0.3) is 0 Å². The van der Waals surface area contributed by atoms with Gasteiger partial charge in [0.1, 0.15) is 0 Å². The predicted molar refractivity (Wildman–Crippen MR) is 50.5 cm³/mol. The topological polar surface area (TPSA) is 43.4 Å². The minimum absolute atomic E-state index is 0.113. The van der Waals surface area contributed by atoms with Crippen molar-refractivity contribution in [1.29, 1.82) is 0 Å². The molecule has 2 aliphatic carbocycles. The third kappa shape index (κ3) is 1.39. The second-order valence-electron chi connectivity index (χ2n) is 3.74. The molecule has 1 atom stereocenters. The van der Waals surface area contributed by atoms with E-state index in [0.717, 1.165) is 12.8 Å². The van der Waals surface area contributed by atoms with Gasteiger partial charge in [-0.2, -0.15) is 0 Å². The van der Waals surface area contributed by atoms with E-state index in [1.165, 1.54) is 13.0 Å². The molecule has 0 radical (unpaired) electrons. The van der Waals surface area contributed by atoms with E-state index in [2.05, 4.69) is 0 Å². The smallest absolute Gasteiger partial charge is 0.303 e. The van der Waals surface area contributed by atoms with Crippen molar-refractivity contribution in [1.82, 2.24) is 0 Å². The summed E-state index contributed by atoms with van der Waals surface area (Å²) < 4.78 is 5.19. The number of carbonyl (C=O) groups excluding carboxylic acids is 2. The van der Waals surface area contributed by atoms with E-state index in [1.54, 1.807) is 18.2 Å². The first kappa shape index (κ1) is 9.19. The van der Waals surface area contributed by atoms with Gasteiger partial charge in [-0.05, 0) is 25.0 Å². The lowest BCUT2D eigenvalue weighted by molar-refractivity contribution is -0.160. The first-order chi connectivity index (χ1) is 6.65. The zero-order valence-corrected chi connectivity index (χ0v) is 8.03. The average Bonchev–Trinajstić information content (AvgIpc) is 2.91. The molecule has 0 aromatic carbocycles. The standard InChI is InChI=1S/C11H12O3/c1-8(12)14-11(9-5-6-9)7-3-2-4-10(11)13/h2-4,7,9H,5-6H2,1H3. The van der Waals surface area contributed by atoms with Crippen molar-refractivity contribution in [3.05, 3.63) is 24.3 Å². The third-order valence-electron chi connectivity index (χ3n) is 2.58. The highest BCUT2D eigenvalue weighted by atomic mass is 16.6. The minimum atomic E-state index is -0.986. The van der Waals surface area contributed by atoms with E-state index >= 15 is 0 Å². The first-order valence-electron chi connectivity index (χ1n) is 4.75. The fourth-order valence-corrected chi connectivity index (χ4v) is 1.81. The van der Waals surface area contributed by atoms with Crippen molar-refractivity contribution in [3.8, 4) is 0 Å². The molecule has 2 aliphatic rings. The van der Waals surface area contributed by atoms with Gasteiger partial charge in [0.2, 0.25) is 5.78 Å². The second kappa shape index (κ2) is 3.08. The third-order valence-corrected chi connectivity index (χ3v) is 2.58. The summed E-state index contributed by atoms with van der Waals surface area (Å²) in [6.07, 6.45) is 8.53. The Morgan fingerprint density at radius 1 is 1.50 bits per heavy atom. The zero-order valence-electron chi connectivity index (χ0n) is 8.03. The maximum atomic E-state index is 11.7. The highest BCUT2D eigenvalue weighted by Crippen LogP contribution is 2.44. The summed E-state index contributed by atoms with van der Waals surface area (Å²) >= 11 is 0. The Labute approximate surface area is 82.4 Å². The Morgan fingerprint density at radius 2 is 2.21 bits per heavy atom. The summed E-state index contributed by atoms with van der Waals surface area (Å²) in [7, 11) is 0. The lowest BCUT2D eigenvalue weighted by Crippen LogP contribution is -2.43. The predicted octanol–water partition coefficient (Wildman–Crippen LogP) is 1.39. The highest BCUT2D eigenvalue weighted by molar-refractivity contribution is 6.01. The summed E-state index contributed by atoms with van der Waals surface area (Å²) in [5, 5.41) is 0. The molecule has 1 unspecified atom stereocenters. The van der Waals surface area contributed by atoms with Crippen molar-refractivity contribution in [2.24, 2.45) is 5.92 Å². The van der Waals surface area contributed by atoms with Gasteiger partial charge < -0.3 is 4.74 Å². The van der Waals surface area contributed by atoms with Gasteiger partial charge in [-0.3, -0.25) is 9.59 Å². The maximum Gasteiger partial charge on any atom is 0.303 e. The first-order valence-corrected chi connectivity index (χ1v) is 4.75. The van der Waals surface area contributed by atoms with Gasteiger partial charge in [-0.25, -0.2) is 0 Å². The van der Waals surface area contributed by atoms with Crippen molar-refractivity contribution in [2.75, 3.05) is 0 Å². The molecule has 14 heavy (non-hydrogen) atoms. The number of allylic oxidation sites excluding steroid dienone is 2. The largest absolute Gasteiger partial charge is 0.446 e. The van der Waals surface area contributed by atoms with E-state index in [9.17, 15) is 9.59 Å². The quantitative estimate of drug-likeness (QED) is 0.621. The monoisotopic (exact) mass is 192 g/mol. The molecule has 0 amide bonds. The summed E-state index contributed by atoms with van der Waals surface area (Å²) in [5.74, 6) is -0.331. The molecule has 1 fully saturated rings. The van der Waals surface area contributed by atoms with Crippen molar-refractivity contribution in [2.45, 2.75) is 25.4 Å². The van der Waals surface area contributed by atoms with Crippen LogP contribution in [0.2, 0.25) is 0 Å². The molecule has 0 aliphatic heterocycles. The molecular formula is C11H12O3. The summed E-state index contributed by atoms with van der Waals surface area (Å²) in [4.78, 5) is 22.7. The van der Waals surface area contributed by atoms with Crippen molar-refractivity contribution in [3.63, 3.8) is 0 Å². The molecule has 2 rings (SSSR count). The van der Waals surface area contributed by atoms with Crippen LogP contribution in [0, 0.1) is 5.92 Å². The van der Waals surface area contributed by atoms with E-state index < -0.39 is 11.6 Å². The van der Waals surface area contributed by atoms with Crippen LogP contribution >= 0.6 is 0 Å². The Balaban J connectivity index is 2.29. The molecule has 0 aromatic heterocycles. The Hall–Kier alpha value is -1.38. The molecule has 0 N–H and O–H groups in total. The van der Waals surface area contributed by atoms with Crippen molar-refractivity contribution < 1.29 is 14.3 Å². The van der Waals surface area contributed by atoms with E-state index in [1.807, 2.05) is 0 Å². The van der Waals surface area contributed by atoms with Crippen LogP contribution in [0.15, 0.2) is 24.3 Å². The molecule has 0 aromatic rings.